The Hall–Kier alpha value is -1.30. The quantitative estimate of drug-likeness (QED) is 0.533. The average molecular weight is 208 g/mol. The van der Waals surface area contributed by atoms with Gasteiger partial charge in [0.05, 0.1) is 12.2 Å². The molecule has 0 aliphatic heterocycles. The lowest BCUT2D eigenvalue weighted by Crippen LogP contribution is -2.09. The lowest BCUT2D eigenvalue weighted by atomic mass is 10.4. The van der Waals surface area contributed by atoms with Gasteiger partial charge in [0.2, 0.25) is 0 Å². The predicted molar refractivity (Wildman–Crippen MR) is 48.5 cm³/mol. The summed E-state index contributed by atoms with van der Waals surface area (Å²) in [4.78, 5) is 18.4. The van der Waals surface area contributed by atoms with Gasteiger partial charge in [0.15, 0.2) is 0 Å². The normalized spacial score (nSPS) is 9.29. The molecule has 0 heterocycles. The molecule has 0 aromatic carbocycles. The first kappa shape index (κ1) is 15.2. The minimum Gasteiger partial charge on any atom is -0.449 e. The smallest absolute Gasteiger partial charge is 0.449 e. The Morgan fingerprint density at radius 2 is 1.21 bits per heavy atom. The fourth-order valence-electron chi connectivity index (χ4n) is 0.619. The maximum absolute atomic E-state index is 9.21. The lowest BCUT2D eigenvalue weighted by Gasteiger charge is -2.09. The van der Waals surface area contributed by atoms with Crippen molar-refractivity contribution in [2.24, 2.45) is 0 Å². The minimum absolute atomic E-state index is 0.375. The summed E-state index contributed by atoms with van der Waals surface area (Å²) >= 11 is 0. The highest BCUT2D eigenvalue weighted by molar-refractivity contribution is 5.74. The van der Waals surface area contributed by atoms with Crippen LogP contribution >= 0.6 is 0 Å². The molecule has 0 saturated heterocycles. The van der Waals surface area contributed by atoms with Crippen LogP contribution in [0.15, 0.2) is 0 Å². The minimum atomic E-state index is -1.81. The Kier molecular flexibility index (Phi) is 9.01. The molecule has 6 nitrogen and oxygen atoms in total. The zero-order chi connectivity index (χ0) is 11.7. The molecule has 0 unspecified atom stereocenters. The van der Waals surface area contributed by atoms with Gasteiger partial charge in [-0.2, -0.15) is 0 Å². The van der Waals surface area contributed by atoms with Crippen LogP contribution in [0, 0.1) is 0 Å². The Morgan fingerprint density at radius 3 is 1.21 bits per heavy atom. The van der Waals surface area contributed by atoms with Gasteiger partial charge >= 0.3 is 12.3 Å². The summed E-state index contributed by atoms with van der Waals surface area (Å²) in [6.45, 7) is 8.17. The Labute approximate surface area is 82.4 Å². The van der Waals surface area contributed by atoms with Gasteiger partial charge < -0.3 is 19.7 Å². The van der Waals surface area contributed by atoms with E-state index in [2.05, 4.69) is 4.74 Å². The van der Waals surface area contributed by atoms with E-state index in [1.54, 1.807) is 0 Å². The zero-order valence-corrected chi connectivity index (χ0v) is 8.68. The molecule has 0 atom stereocenters. The van der Waals surface area contributed by atoms with E-state index in [0.717, 1.165) is 0 Å². The van der Waals surface area contributed by atoms with Crippen molar-refractivity contribution in [3.05, 3.63) is 0 Å². The Morgan fingerprint density at radius 1 is 0.929 bits per heavy atom. The number of ether oxygens (including phenoxy) is 2. The first-order valence-electron chi connectivity index (χ1n) is 4.04. The summed E-state index contributed by atoms with van der Waals surface area (Å²) in [6.07, 6.45) is -2.88. The molecule has 0 bridgehead atoms. The van der Waals surface area contributed by atoms with Crippen molar-refractivity contribution in [3.8, 4) is 0 Å². The van der Waals surface area contributed by atoms with E-state index in [-0.39, 0.29) is 0 Å². The van der Waals surface area contributed by atoms with Gasteiger partial charge in [0.25, 0.3) is 0 Å². The van der Waals surface area contributed by atoms with Gasteiger partial charge in [-0.05, 0) is 27.7 Å². The van der Waals surface area contributed by atoms with Crippen LogP contribution in [0.4, 0.5) is 9.59 Å². The fraction of sp³-hybridized carbons (Fsp3) is 0.750. The summed E-state index contributed by atoms with van der Waals surface area (Å²) < 4.78 is 8.33. The molecule has 0 rings (SSSR count). The van der Waals surface area contributed by atoms with Crippen molar-refractivity contribution >= 4 is 12.3 Å². The topological polar surface area (TPSA) is 93.1 Å². The van der Waals surface area contributed by atoms with Gasteiger partial charge in [-0.15, -0.1) is 0 Å². The Balaban J connectivity index is 0. The molecule has 14 heavy (non-hydrogen) atoms. The van der Waals surface area contributed by atoms with Gasteiger partial charge in [0, 0.05) is 0 Å². The summed E-state index contributed by atoms with van der Waals surface area (Å²) in [6, 6.07) is 0. The van der Waals surface area contributed by atoms with E-state index in [1.165, 1.54) is 0 Å². The molecule has 0 aliphatic carbocycles. The highest BCUT2D eigenvalue weighted by Gasteiger charge is 2.01. The number of rotatable bonds is 2. The van der Waals surface area contributed by atoms with Crippen LogP contribution in [-0.4, -0.2) is 34.7 Å². The lowest BCUT2D eigenvalue weighted by molar-refractivity contribution is 0.0300. The number of carbonyl (C=O) groups is 2. The van der Waals surface area contributed by atoms with Gasteiger partial charge in [-0.25, -0.2) is 9.59 Å². The summed E-state index contributed by atoms with van der Waals surface area (Å²) in [5, 5.41) is 15.0. The molecule has 0 amide bonds. The maximum atomic E-state index is 9.21. The van der Waals surface area contributed by atoms with E-state index in [9.17, 15) is 9.59 Å². The maximum Gasteiger partial charge on any atom is 0.516 e. The second-order valence-electron chi connectivity index (χ2n) is 2.87. The third-order valence-corrected chi connectivity index (χ3v) is 0.719. The van der Waals surface area contributed by atoms with Crippen LogP contribution in [0.5, 0.6) is 0 Å². The van der Waals surface area contributed by atoms with Crippen molar-refractivity contribution in [3.63, 3.8) is 0 Å². The first-order chi connectivity index (χ1) is 6.25. The Bertz CT molecular complexity index is 157. The molecule has 0 fully saturated rings. The van der Waals surface area contributed by atoms with Crippen molar-refractivity contribution in [1.29, 1.82) is 0 Å². The molecule has 0 radical (unpaired) electrons. The van der Waals surface area contributed by atoms with Crippen molar-refractivity contribution in [2.45, 2.75) is 39.9 Å². The molecule has 2 N–H and O–H groups in total. The molecular weight excluding hydrogens is 192 g/mol. The number of carboxylic acid groups (broad SMARTS) is 2. The highest BCUT2D eigenvalue weighted by Crippen LogP contribution is 1.93. The molecule has 0 spiro atoms. The van der Waals surface area contributed by atoms with Crippen LogP contribution in [0.2, 0.25) is 0 Å². The second-order valence-corrected chi connectivity index (χ2v) is 2.87. The van der Waals surface area contributed by atoms with E-state index in [1.807, 2.05) is 27.7 Å². The number of hydrogen-bond donors (Lipinski definition) is 2. The predicted octanol–water partition coefficient (Wildman–Crippen LogP) is 2.18. The van der Waals surface area contributed by atoms with Crippen molar-refractivity contribution in [2.75, 3.05) is 0 Å². The van der Waals surface area contributed by atoms with Crippen LogP contribution in [-0.2, 0) is 9.47 Å². The van der Waals surface area contributed by atoms with Crippen LogP contribution in [0.25, 0.3) is 0 Å². The van der Waals surface area contributed by atoms with E-state index < -0.39 is 12.3 Å². The molecule has 0 aliphatic rings. The van der Waals surface area contributed by atoms with Crippen molar-refractivity contribution in [1.82, 2.24) is 0 Å². The van der Waals surface area contributed by atoms with Crippen LogP contribution in [0.1, 0.15) is 27.7 Å². The zero-order valence-electron chi connectivity index (χ0n) is 8.68. The number of hydrogen-bond acceptors (Lipinski definition) is 4. The summed E-state index contributed by atoms with van der Waals surface area (Å²) in [7, 11) is 0. The standard InChI is InChI=1S/C6H14O.C2H2O5/c1-5(2)7-6(3)4;3-1(4)7-2(5)6/h5-6H,1-4H3;(H,3,4)(H,5,6). The molecule has 0 aromatic rings. The van der Waals surface area contributed by atoms with Crippen LogP contribution in [0.3, 0.4) is 0 Å². The largest absolute Gasteiger partial charge is 0.516 e. The summed E-state index contributed by atoms with van der Waals surface area (Å²) in [5.41, 5.74) is 0. The highest BCUT2D eigenvalue weighted by atomic mass is 16.7. The van der Waals surface area contributed by atoms with Gasteiger partial charge in [0.1, 0.15) is 0 Å². The second kappa shape index (κ2) is 8.31. The summed E-state index contributed by atoms with van der Waals surface area (Å²) in [5.74, 6) is 0. The van der Waals surface area contributed by atoms with Gasteiger partial charge in [-0.3, -0.25) is 0 Å². The van der Waals surface area contributed by atoms with Crippen molar-refractivity contribution < 1.29 is 29.3 Å². The fourth-order valence-corrected chi connectivity index (χ4v) is 0.619. The molecular formula is C8H16O6. The molecule has 6 heteroatoms. The monoisotopic (exact) mass is 208 g/mol. The molecule has 0 aromatic heterocycles. The SMILES string of the molecule is CC(C)OC(C)C.O=C(O)OC(=O)O. The van der Waals surface area contributed by atoms with E-state index in [0.29, 0.717) is 12.2 Å². The third-order valence-electron chi connectivity index (χ3n) is 0.719. The average Bonchev–Trinajstić information content (AvgIpc) is 1.79. The third kappa shape index (κ3) is 22.4. The first-order valence-corrected chi connectivity index (χ1v) is 4.04. The van der Waals surface area contributed by atoms with Gasteiger partial charge in [-0.1, -0.05) is 0 Å². The van der Waals surface area contributed by atoms with E-state index >= 15 is 0 Å². The molecule has 84 valence electrons. The van der Waals surface area contributed by atoms with Crippen LogP contribution < -0.4 is 0 Å². The molecule has 0 saturated carbocycles. The van der Waals surface area contributed by atoms with E-state index in [4.69, 9.17) is 14.9 Å².